The Hall–Kier alpha value is -4.22. The number of rotatable bonds is 6. The van der Waals surface area contributed by atoms with Crippen molar-refractivity contribution in [3.05, 3.63) is 69.9 Å². The summed E-state index contributed by atoms with van der Waals surface area (Å²) in [5.41, 5.74) is -1.34. The second-order valence-electron chi connectivity index (χ2n) is 6.48. The lowest BCUT2D eigenvalue weighted by molar-refractivity contribution is -0.130. The first-order valence-electron chi connectivity index (χ1n) is 9.08. The van der Waals surface area contributed by atoms with Crippen molar-refractivity contribution >= 4 is 34.2 Å². The Morgan fingerprint density at radius 3 is 2.47 bits per heavy atom. The van der Waals surface area contributed by atoms with Gasteiger partial charge in [-0.25, -0.2) is 23.1 Å². The molecule has 0 aliphatic heterocycles. The minimum Gasteiger partial charge on any atom is -0.448 e. The summed E-state index contributed by atoms with van der Waals surface area (Å²) in [6, 6.07) is 7.60. The number of carbonyl (C=O) groups excluding carboxylic acids is 3. The molecule has 0 radical (unpaired) electrons. The van der Waals surface area contributed by atoms with Crippen molar-refractivity contribution in [2.45, 2.75) is 13.0 Å². The molecular weight excluding hydrogens is 433 g/mol. The molecule has 9 nitrogen and oxygen atoms in total. The van der Waals surface area contributed by atoms with E-state index in [1.807, 2.05) is 5.32 Å². The molecular formula is C20H15F3N4O5. The van der Waals surface area contributed by atoms with Crippen LogP contribution in [-0.2, 0) is 14.3 Å². The number of amides is 2. The van der Waals surface area contributed by atoms with Crippen molar-refractivity contribution in [3.8, 4) is 0 Å². The third-order valence-electron chi connectivity index (χ3n) is 4.27. The molecule has 1 aromatic heterocycles. The zero-order valence-electron chi connectivity index (χ0n) is 16.4. The van der Waals surface area contributed by atoms with Crippen LogP contribution in [0.3, 0.4) is 0 Å². The number of hydrogen-bond acceptors (Lipinski definition) is 6. The number of halogens is 3. The molecule has 3 aromatic rings. The van der Waals surface area contributed by atoms with E-state index in [-0.39, 0.29) is 16.5 Å². The summed E-state index contributed by atoms with van der Waals surface area (Å²) in [5, 5.41) is 10.4. The van der Waals surface area contributed by atoms with Crippen LogP contribution in [0.25, 0.3) is 10.8 Å². The number of fused-ring (bicyclic) bond motifs is 1. The van der Waals surface area contributed by atoms with Gasteiger partial charge in [0.15, 0.2) is 29.2 Å². The van der Waals surface area contributed by atoms with Crippen LogP contribution in [0.15, 0.2) is 41.2 Å². The third-order valence-corrected chi connectivity index (χ3v) is 4.27. The van der Waals surface area contributed by atoms with Gasteiger partial charge in [-0.15, -0.1) is 0 Å². The smallest absolute Gasteiger partial charge is 0.360 e. The van der Waals surface area contributed by atoms with Gasteiger partial charge in [-0.2, -0.15) is 5.10 Å². The Kier molecular flexibility index (Phi) is 6.52. The van der Waals surface area contributed by atoms with E-state index >= 15 is 0 Å². The van der Waals surface area contributed by atoms with Gasteiger partial charge in [-0.05, 0) is 25.1 Å². The molecule has 166 valence electrons. The number of esters is 1. The molecule has 32 heavy (non-hydrogen) atoms. The normalized spacial score (nSPS) is 11.6. The van der Waals surface area contributed by atoms with E-state index in [1.165, 1.54) is 19.1 Å². The second kappa shape index (κ2) is 9.29. The molecule has 1 heterocycles. The highest BCUT2D eigenvalue weighted by molar-refractivity contribution is 6.03. The molecule has 2 aromatic carbocycles. The van der Waals surface area contributed by atoms with E-state index in [9.17, 15) is 32.3 Å². The van der Waals surface area contributed by atoms with Crippen molar-refractivity contribution in [2.75, 3.05) is 11.9 Å². The molecule has 0 spiro atoms. The molecule has 1 atom stereocenters. The van der Waals surface area contributed by atoms with Crippen LogP contribution >= 0.6 is 0 Å². The lowest BCUT2D eigenvalue weighted by Crippen LogP contribution is -2.40. The van der Waals surface area contributed by atoms with Gasteiger partial charge in [0.25, 0.3) is 11.5 Å². The average Bonchev–Trinajstić information content (AvgIpc) is 2.78. The van der Waals surface area contributed by atoms with Crippen LogP contribution in [0.2, 0.25) is 0 Å². The molecule has 0 bridgehead atoms. The van der Waals surface area contributed by atoms with Crippen LogP contribution in [0, 0.1) is 17.5 Å². The van der Waals surface area contributed by atoms with E-state index in [2.05, 4.69) is 15.5 Å². The molecule has 12 heteroatoms. The number of carbonyl (C=O) groups is 3. The lowest BCUT2D eigenvalue weighted by atomic mass is 10.1. The van der Waals surface area contributed by atoms with Gasteiger partial charge in [0.1, 0.15) is 0 Å². The maximum atomic E-state index is 13.6. The number of nitrogens with zero attached hydrogens (tertiary/aromatic N) is 1. The summed E-state index contributed by atoms with van der Waals surface area (Å²) in [4.78, 5) is 48.1. The highest BCUT2D eigenvalue weighted by atomic mass is 19.2. The Morgan fingerprint density at radius 1 is 1.06 bits per heavy atom. The number of nitrogens with one attached hydrogen (secondary N) is 3. The SMILES string of the molecule is C[C@H](OC(=O)c1n[nH]c(=O)c2ccccc12)C(=O)NCC(=O)Nc1ccc(F)c(F)c1F. The predicted molar refractivity (Wildman–Crippen MR) is 105 cm³/mol. The fourth-order valence-corrected chi connectivity index (χ4v) is 2.67. The maximum absolute atomic E-state index is 13.6. The third kappa shape index (κ3) is 4.74. The van der Waals surface area contributed by atoms with Crippen molar-refractivity contribution in [3.63, 3.8) is 0 Å². The van der Waals surface area contributed by atoms with Crippen LogP contribution in [-0.4, -0.2) is 40.6 Å². The summed E-state index contributed by atoms with van der Waals surface area (Å²) in [5.74, 6) is -7.56. The largest absolute Gasteiger partial charge is 0.448 e. The number of ether oxygens (including phenoxy) is 1. The van der Waals surface area contributed by atoms with Gasteiger partial charge >= 0.3 is 5.97 Å². The Labute approximate surface area is 177 Å². The zero-order chi connectivity index (χ0) is 23.4. The average molecular weight is 448 g/mol. The molecule has 3 rings (SSSR count). The number of anilines is 1. The van der Waals surface area contributed by atoms with Gasteiger partial charge in [0, 0.05) is 5.39 Å². The quantitative estimate of drug-likeness (QED) is 0.388. The summed E-state index contributed by atoms with van der Waals surface area (Å²) >= 11 is 0. The van der Waals surface area contributed by atoms with Crippen molar-refractivity contribution in [2.24, 2.45) is 0 Å². The molecule has 0 saturated heterocycles. The number of hydrogen-bond donors (Lipinski definition) is 3. The fourth-order valence-electron chi connectivity index (χ4n) is 2.67. The van der Waals surface area contributed by atoms with E-state index < -0.39 is 59.1 Å². The zero-order valence-corrected chi connectivity index (χ0v) is 16.4. The molecule has 2 amide bonds. The molecule has 0 unspecified atom stereocenters. The van der Waals surface area contributed by atoms with Crippen LogP contribution in [0.5, 0.6) is 0 Å². The van der Waals surface area contributed by atoms with Crippen LogP contribution < -0.4 is 16.2 Å². The topological polar surface area (TPSA) is 130 Å². The highest BCUT2D eigenvalue weighted by Crippen LogP contribution is 2.19. The minimum atomic E-state index is -1.75. The van der Waals surface area contributed by atoms with Crippen LogP contribution in [0.4, 0.5) is 18.9 Å². The summed E-state index contributed by atoms with van der Waals surface area (Å²) < 4.78 is 44.7. The van der Waals surface area contributed by atoms with E-state index in [4.69, 9.17) is 4.74 Å². The van der Waals surface area contributed by atoms with Crippen molar-refractivity contribution < 1.29 is 32.3 Å². The van der Waals surface area contributed by atoms with Crippen molar-refractivity contribution in [1.29, 1.82) is 0 Å². The molecule has 0 fully saturated rings. The summed E-state index contributed by atoms with van der Waals surface area (Å²) in [6.07, 6.45) is -1.36. The Morgan fingerprint density at radius 2 is 1.75 bits per heavy atom. The Bertz CT molecular complexity index is 1280. The standard InChI is InChI=1S/C20H15F3N4O5/c1-9(32-20(31)17-10-4-2-3-5-11(10)19(30)27-26-17)18(29)24-8-14(28)25-13-7-6-12(21)15(22)16(13)23/h2-7,9H,8H2,1H3,(H,24,29)(H,25,28)(H,27,30)/t9-/m0/s1. The highest BCUT2D eigenvalue weighted by Gasteiger charge is 2.23. The lowest BCUT2D eigenvalue weighted by Gasteiger charge is -2.14. The van der Waals surface area contributed by atoms with Gasteiger partial charge < -0.3 is 15.4 Å². The number of H-pyrrole nitrogens is 1. The molecule has 0 aliphatic rings. The Balaban J connectivity index is 1.59. The van der Waals surface area contributed by atoms with Gasteiger partial charge in [0.05, 0.1) is 17.6 Å². The number of benzene rings is 2. The van der Waals surface area contributed by atoms with E-state index in [1.54, 1.807) is 12.1 Å². The van der Waals surface area contributed by atoms with Gasteiger partial charge in [0.2, 0.25) is 5.91 Å². The first-order chi connectivity index (χ1) is 15.2. The monoisotopic (exact) mass is 448 g/mol. The summed E-state index contributed by atoms with van der Waals surface area (Å²) in [6.45, 7) is 0.563. The molecule has 0 aliphatic carbocycles. The molecule has 0 saturated carbocycles. The van der Waals surface area contributed by atoms with E-state index in [0.717, 1.165) is 6.07 Å². The minimum absolute atomic E-state index is 0.202. The van der Waals surface area contributed by atoms with Gasteiger partial charge in [-0.1, -0.05) is 18.2 Å². The fraction of sp³-hybridized carbons (Fsp3) is 0.150. The van der Waals surface area contributed by atoms with Crippen molar-refractivity contribution in [1.82, 2.24) is 15.5 Å². The number of aromatic amines is 1. The van der Waals surface area contributed by atoms with Gasteiger partial charge in [-0.3, -0.25) is 14.4 Å². The van der Waals surface area contributed by atoms with Crippen LogP contribution in [0.1, 0.15) is 17.4 Å². The first kappa shape index (κ1) is 22.5. The summed E-state index contributed by atoms with van der Waals surface area (Å²) in [7, 11) is 0. The number of aromatic nitrogens is 2. The first-order valence-corrected chi connectivity index (χ1v) is 9.08. The molecule has 3 N–H and O–H groups in total. The van der Waals surface area contributed by atoms with E-state index in [0.29, 0.717) is 6.07 Å². The second-order valence-corrected chi connectivity index (χ2v) is 6.48. The maximum Gasteiger partial charge on any atom is 0.360 e. The predicted octanol–water partition coefficient (Wildman–Crippen LogP) is 1.64.